The zero-order valence-corrected chi connectivity index (χ0v) is 17.4. The van der Waals surface area contributed by atoms with Crippen molar-refractivity contribution in [2.75, 3.05) is 5.75 Å². The molecule has 0 radical (unpaired) electrons. The summed E-state index contributed by atoms with van der Waals surface area (Å²) in [6.07, 6.45) is -2.20. The van der Waals surface area contributed by atoms with Crippen LogP contribution in [-0.2, 0) is 6.54 Å². The highest BCUT2D eigenvalue weighted by molar-refractivity contribution is 7.99. The molecule has 1 aromatic carbocycles. The summed E-state index contributed by atoms with van der Waals surface area (Å²) in [6, 6.07) is 11.2. The summed E-state index contributed by atoms with van der Waals surface area (Å²) in [5.41, 5.74) is 2.00. The Kier molecular flexibility index (Phi) is 5.48. The van der Waals surface area contributed by atoms with Gasteiger partial charge in [0.25, 0.3) is 0 Å². The zero-order valence-electron chi connectivity index (χ0n) is 16.6. The summed E-state index contributed by atoms with van der Waals surface area (Å²) in [5, 5.41) is 9.23. The van der Waals surface area contributed by atoms with Crippen molar-refractivity contribution in [1.82, 2.24) is 19.3 Å². The Labute approximate surface area is 176 Å². The van der Waals surface area contributed by atoms with Gasteiger partial charge in [-0.05, 0) is 44.9 Å². The van der Waals surface area contributed by atoms with Crippen LogP contribution in [0.15, 0.2) is 41.6 Å². The van der Waals surface area contributed by atoms with Crippen LogP contribution in [0.3, 0.4) is 0 Å². The molecule has 30 heavy (non-hydrogen) atoms. The largest absolute Gasteiger partial charge is 0.406 e. The van der Waals surface area contributed by atoms with Gasteiger partial charge in [-0.2, -0.15) is 13.2 Å². The average molecular weight is 434 g/mol. The number of nitrogens with zero attached hydrogens (tertiary/aromatic N) is 4. The van der Waals surface area contributed by atoms with E-state index in [2.05, 4.69) is 10.2 Å². The number of hydrogen-bond acceptors (Lipinski definition) is 4. The molecule has 1 aliphatic rings. The first-order chi connectivity index (χ1) is 14.2. The molecule has 0 spiro atoms. The Hall–Kier alpha value is -2.55. The topological polar surface area (TPSA) is 52.7 Å². The van der Waals surface area contributed by atoms with Crippen molar-refractivity contribution in [3.05, 3.63) is 59.2 Å². The first kappa shape index (κ1) is 20.7. The van der Waals surface area contributed by atoms with Gasteiger partial charge in [-0.25, -0.2) is 0 Å². The number of rotatable bonds is 7. The first-order valence-electron chi connectivity index (χ1n) is 9.65. The lowest BCUT2D eigenvalue weighted by atomic mass is 10.2. The van der Waals surface area contributed by atoms with E-state index in [0.717, 1.165) is 28.9 Å². The summed E-state index contributed by atoms with van der Waals surface area (Å²) in [4.78, 5) is 12.8. The number of aryl methyl sites for hydroxylation is 1. The van der Waals surface area contributed by atoms with Crippen molar-refractivity contribution >= 4 is 17.5 Å². The highest BCUT2D eigenvalue weighted by atomic mass is 32.2. The minimum absolute atomic E-state index is 0.0753. The Bertz CT molecular complexity index is 1070. The third kappa shape index (κ3) is 4.30. The molecule has 1 saturated carbocycles. The van der Waals surface area contributed by atoms with Crippen molar-refractivity contribution in [3.8, 4) is 5.69 Å². The number of Topliss-reactive ketones (excluding diaryl/α,β-unsaturated/α-hetero) is 1. The van der Waals surface area contributed by atoms with Gasteiger partial charge in [0.2, 0.25) is 0 Å². The van der Waals surface area contributed by atoms with Gasteiger partial charge in [0, 0.05) is 28.6 Å². The van der Waals surface area contributed by atoms with Crippen LogP contribution in [0.5, 0.6) is 0 Å². The second-order valence-electron chi connectivity index (χ2n) is 7.48. The zero-order chi connectivity index (χ0) is 21.5. The van der Waals surface area contributed by atoms with Gasteiger partial charge in [0.1, 0.15) is 12.4 Å². The van der Waals surface area contributed by atoms with Gasteiger partial charge in [-0.3, -0.25) is 9.36 Å². The third-order valence-electron chi connectivity index (χ3n) is 5.16. The predicted molar refractivity (Wildman–Crippen MR) is 108 cm³/mol. The van der Waals surface area contributed by atoms with E-state index in [-0.39, 0.29) is 11.5 Å². The molecule has 4 rings (SSSR count). The second-order valence-corrected chi connectivity index (χ2v) is 8.43. The molecule has 0 N–H and O–H groups in total. The monoisotopic (exact) mass is 434 g/mol. The number of para-hydroxylation sites is 1. The lowest BCUT2D eigenvalue weighted by molar-refractivity contribution is -0.141. The molecule has 9 heteroatoms. The number of thioether (sulfide) groups is 1. The number of hydrogen-bond donors (Lipinski definition) is 0. The number of carbonyl (C=O) groups is 1. The summed E-state index contributed by atoms with van der Waals surface area (Å²) < 4.78 is 41.6. The normalized spacial score (nSPS) is 14.3. The minimum Gasteiger partial charge on any atom is -0.339 e. The molecule has 0 atom stereocenters. The SMILES string of the molecule is Cc1cc(C(=O)CSc2nnc(C3CC3)n2-c2ccccc2)c(C)n1CC(F)(F)F. The summed E-state index contributed by atoms with van der Waals surface area (Å²) >= 11 is 1.26. The minimum atomic E-state index is -4.34. The lowest BCUT2D eigenvalue weighted by Gasteiger charge is -2.12. The van der Waals surface area contributed by atoms with Crippen LogP contribution in [0, 0.1) is 13.8 Å². The van der Waals surface area contributed by atoms with Crippen molar-refractivity contribution < 1.29 is 18.0 Å². The number of carbonyl (C=O) groups excluding carboxylic acids is 1. The molecule has 2 heterocycles. The number of benzene rings is 1. The molecule has 2 aromatic heterocycles. The molecule has 5 nitrogen and oxygen atoms in total. The Morgan fingerprint density at radius 1 is 1.17 bits per heavy atom. The van der Waals surface area contributed by atoms with Crippen LogP contribution in [-0.4, -0.2) is 37.0 Å². The number of ketones is 1. The molecule has 0 saturated heterocycles. The maximum Gasteiger partial charge on any atom is 0.406 e. The maximum atomic E-state index is 12.8. The quantitative estimate of drug-likeness (QED) is 0.384. The van der Waals surface area contributed by atoms with Crippen LogP contribution < -0.4 is 0 Å². The highest BCUT2D eigenvalue weighted by Crippen LogP contribution is 2.41. The molecule has 158 valence electrons. The van der Waals surface area contributed by atoms with Gasteiger partial charge < -0.3 is 4.57 Å². The average Bonchev–Trinajstić information content (AvgIpc) is 3.40. The lowest BCUT2D eigenvalue weighted by Crippen LogP contribution is -2.19. The van der Waals surface area contributed by atoms with E-state index < -0.39 is 12.7 Å². The maximum absolute atomic E-state index is 12.8. The molecule has 0 unspecified atom stereocenters. The summed E-state index contributed by atoms with van der Waals surface area (Å²) in [5.74, 6) is 1.12. The molecule has 3 aromatic rings. The van der Waals surface area contributed by atoms with E-state index >= 15 is 0 Å². The smallest absolute Gasteiger partial charge is 0.339 e. The summed E-state index contributed by atoms with van der Waals surface area (Å²) in [6.45, 7) is 2.03. The second kappa shape index (κ2) is 7.94. The van der Waals surface area contributed by atoms with Crippen LogP contribution in [0.1, 0.15) is 46.3 Å². The van der Waals surface area contributed by atoms with Crippen molar-refractivity contribution in [1.29, 1.82) is 0 Å². The van der Waals surface area contributed by atoms with Crippen LogP contribution in [0.25, 0.3) is 5.69 Å². The van der Waals surface area contributed by atoms with E-state index in [4.69, 9.17) is 0 Å². The Morgan fingerprint density at radius 2 is 1.87 bits per heavy atom. The van der Waals surface area contributed by atoms with Gasteiger partial charge in [0.05, 0.1) is 5.75 Å². The van der Waals surface area contributed by atoms with E-state index in [9.17, 15) is 18.0 Å². The fourth-order valence-corrected chi connectivity index (χ4v) is 4.36. The van der Waals surface area contributed by atoms with E-state index in [0.29, 0.717) is 28.0 Å². The Balaban J connectivity index is 1.55. The standard InChI is InChI=1S/C21H21F3N4OS/c1-13-10-17(14(2)27(13)12-21(22,23)24)18(29)11-30-20-26-25-19(15-8-9-15)28(20)16-6-4-3-5-7-16/h3-7,10,15H,8-9,11-12H2,1-2H3. The number of aromatic nitrogens is 4. The molecular weight excluding hydrogens is 413 g/mol. The van der Waals surface area contributed by atoms with Crippen molar-refractivity contribution in [2.45, 2.75) is 50.5 Å². The molecule has 0 amide bonds. The van der Waals surface area contributed by atoms with E-state index in [1.54, 1.807) is 13.8 Å². The van der Waals surface area contributed by atoms with E-state index in [1.807, 2.05) is 34.9 Å². The molecule has 0 bridgehead atoms. The van der Waals surface area contributed by atoms with Gasteiger partial charge in [0.15, 0.2) is 10.9 Å². The molecule has 1 aliphatic carbocycles. The van der Waals surface area contributed by atoms with E-state index in [1.165, 1.54) is 17.8 Å². The fourth-order valence-electron chi connectivity index (χ4n) is 3.51. The van der Waals surface area contributed by atoms with Crippen LogP contribution >= 0.6 is 11.8 Å². The molecular formula is C21H21F3N4OS. The highest BCUT2D eigenvalue weighted by Gasteiger charge is 2.32. The van der Waals surface area contributed by atoms with Gasteiger partial charge in [-0.15, -0.1) is 10.2 Å². The summed E-state index contributed by atoms with van der Waals surface area (Å²) in [7, 11) is 0. The van der Waals surface area contributed by atoms with Crippen LogP contribution in [0.4, 0.5) is 13.2 Å². The fraction of sp³-hybridized carbons (Fsp3) is 0.381. The number of alkyl halides is 3. The van der Waals surface area contributed by atoms with Gasteiger partial charge in [-0.1, -0.05) is 30.0 Å². The predicted octanol–water partition coefficient (Wildman–Crippen LogP) is 5.10. The molecule has 0 aliphatic heterocycles. The number of halogens is 3. The first-order valence-corrected chi connectivity index (χ1v) is 10.6. The van der Waals surface area contributed by atoms with Crippen molar-refractivity contribution in [2.24, 2.45) is 0 Å². The van der Waals surface area contributed by atoms with Gasteiger partial charge >= 0.3 is 6.18 Å². The Morgan fingerprint density at radius 3 is 2.50 bits per heavy atom. The molecule has 1 fully saturated rings. The van der Waals surface area contributed by atoms with Crippen molar-refractivity contribution in [3.63, 3.8) is 0 Å². The van der Waals surface area contributed by atoms with Crippen LogP contribution in [0.2, 0.25) is 0 Å². The third-order valence-corrected chi connectivity index (χ3v) is 6.09.